The van der Waals surface area contributed by atoms with Crippen LogP contribution >= 0.6 is 0 Å². The van der Waals surface area contributed by atoms with Gasteiger partial charge in [-0.25, -0.2) is 0 Å². The highest BCUT2D eigenvalue weighted by atomic mass is 16.5. The van der Waals surface area contributed by atoms with Crippen LogP contribution in [0.3, 0.4) is 0 Å². The Morgan fingerprint density at radius 1 is 1.10 bits per heavy atom. The monoisotopic (exact) mass is 284 g/mol. The lowest BCUT2D eigenvalue weighted by atomic mass is 10.1. The van der Waals surface area contributed by atoms with Gasteiger partial charge in [-0.05, 0) is 50.2 Å². The number of benzene rings is 2. The molecule has 2 aromatic rings. The van der Waals surface area contributed by atoms with Gasteiger partial charge in [0.15, 0.2) is 0 Å². The largest absolute Gasteiger partial charge is 0.492 e. The quantitative estimate of drug-likeness (QED) is 0.655. The Balaban J connectivity index is 1.80. The van der Waals surface area contributed by atoms with Gasteiger partial charge in [-0.1, -0.05) is 17.2 Å². The van der Waals surface area contributed by atoms with Gasteiger partial charge in [0.1, 0.15) is 12.4 Å². The molecule has 0 spiro atoms. The van der Waals surface area contributed by atoms with E-state index in [2.05, 4.69) is 5.32 Å². The maximum absolute atomic E-state index is 12.0. The number of anilines is 1. The van der Waals surface area contributed by atoms with E-state index < -0.39 is 0 Å². The summed E-state index contributed by atoms with van der Waals surface area (Å²) in [5.41, 5.74) is 9.14. The van der Waals surface area contributed by atoms with Gasteiger partial charge in [-0.15, -0.1) is 0 Å². The molecule has 0 bridgehead atoms. The van der Waals surface area contributed by atoms with Crippen LogP contribution in [-0.2, 0) is 0 Å². The van der Waals surface area contributed by atoms with Crippen molar-refractivity contribution in [2.24, 2.45) is 0 Å². The number of hydrogen-bond donors (Lipinski definition) is 2. The van der Waals surface area contributed by atoms with Crippen LogP contribution < -0.4 is 15.8 Å². The summed E-state index contributed by atoms with van der Waals surface area (Å²) in [7, 11) is 0. The normalized spacial score (nSPS) is 10.2. The van der Waals surface area contributed by atoms with E-state index in [9.17, 15) is 4.79 Å². The zero-order chi connectivity index (χ0) is 15.2. The van der Waals surface area contributed by atoms with Crippen LogP contribution in [0.25, 0.3) is 0 Å². The van der Waals surface area contributed by atoms with Crippen molar-refractivity contribution in [3.05, 3.63) is 59.2 Å². The van der Waals surface area contributed by atoms with Gasteiger partial charge in [0.05, 0.1) is 6.54 Å². The number of rotatable bonds is 5. The van der Waals surface area contributed by atoms with Crippen LogP contribution in [0, 0.1) is 13.8 Å². The molecule has 2 aromatic carbocycles. The molecule has 2 rings (SSSR count). The van der Waals surface area contributed by atoms with Gasteiger partial charge in [-0.3, -0.25) is 4.79 Å². The Labute approximate surface area is 124 Å². The topological polar surface area (TPSA) is 64.3 Å². The highest BCUT2D eigenvalue weighted by Gasteiger charge is 2.06. The molecular formula is C17H20N2O2. The average molecular weight is 284 g/mol. The molecule has 0 aliphatic heterocycles. The summed E-state index contributed by atoms with van der Waals surface area (Å²) < 4.78 is 5.52. The maximum atomic E-state index is 12.0. The molecule has 0 aromatic heterocycles. The van der Waals surface area contributed by atoms with Crippen molar-refractivity contribution in [2.75, 3.05) is 18.9 Å². The minimum absolute atomic E-state index is 0.0808. The Kier molecular flexibility index (Phi) is 4.82. The number of aryl methyl sites for hydroxylation is 2. The molecule has 0 aliphatic rings. The summed E-state index contributed by atoms with van der Waals surface area (Å²) in [4.78, 5) is 12.0. The third-order valence-electron chi connectivity index (χ3n) is 3.02. The molecule has 0 saturated heterocycles. The third kappa shape index (κ3) is 4.53. The maximum Gasteiger partial charge on any atom is 0.251 e. The number of nitrogens with one attached hydrogen (secondary N) is 1. The molecule has 0 atom stereocenters. The summed E-state index contributed by atoms with van der Waals surface area (Å²) in [6.07, 6.45) is 0. The van der Waals surface area contributed by atoms with E-state index in [4.69, 9.17) is 10.5 Å². The molecule has 0 unspecified atom stereocenters. The first-order valence-electron chi connectivity index (χ1n) is 6.89. The summed E-state index contributed by atoms with van der Waals surface area (Å²) >= 11 is 0. The van der Waals surface area contributed by atoms with Crippen LogP contribution in [-0.4, -0.2) is 19.1 Å². The second-order valence-corrected chi connectivity index (χ2v) is 5.05. The Morgan fingerprint density at radius 2 is 1.71 bits per heavy atom. The number of amides is 1. The second-order valence-electron chi connectivity index (χ2n) is 5.05. The molecule has 0 aliphatic carbocycles. The van der Waals surface area contributed by atoms with Crippen molar-refractivity contribution in [2.45, 2.75) is 13.8 Å². The minimum atomic E-state index is -0.0808. The van der Waals surface area contributed by atoms with Crippen LogP contribution in [0.1, 0.15) is 21.5 Å². The SMILES string of the molecule is Cc1cc(C)cc(C(=O)NCCOc2ccc(N)cc2)c1. The van der Waals surface area contributed by atoms with Crippen LogP contribution in [0.4, 0.5) is 5.69 Å². The van der Waals surface area contributed by atoms with Gasteiger partial charge < -0.3 is 15.8 Å². The fourth-order valence-corrected chi connectivity index (χ4v) is 2.11. The predicted octanol–water partition coefficient (Wildman–Crippen LogP) is 2.69. The smallest absolute Gasteiger partial charge is 0.251 e. The van der Waals surface area contributed by atoms with Gasteiger partial charge in [0, 0.05) is 11.3 Å². The molecule has 1 amide bonds. The fraction of sp³-hybridized carbons (Fsp3) is 0.235. The molecule has 0 heterocycles. The summed E-state index contributed by atoms with van der Waals surface area (Å²) in [6.45, 7) is 4.83. The number of ether oxygens (including phenoxy) is 1. The summed E-state index contributed by atoms with van der Waals surface area (Å²) in [5.74, 6) is 0.660. The lowest BCUT2D eigenvalue weighted by Crippen LogP contribution is -2.28. The van der Waals surface area contributed by atoms with E-state index in [0.29, 0.717) is 24.4 Å². The van der Waals surface area contributed by atoms with E-state index in [1.165, 1.54) is 0 Å². The molecule has 4 heteroatoms. The van der Waals surface area contributed by atoms with Crippen molar-refractivity contribution < 1.29 is 9.53 Å². The molecule has 110 valence electrons. The Morgan fingerprint density at radius 3 is 2.33 bits per heavy atom. The predicted molar refractivity (Wildman–Crippen MR) is 84.6 cm³/mol. The standard InChI is InChI=1S/C17H20N2O2/c1-12-9-13(2)11-14(10-12)17(20)19-7-8-21-16-5-3-15(18)4-6-16/h3-6,9-11H,7-8,18H2,1-2H3,(H,19,20). The first-order valence-corrected chi connectivity index (χ1v) is 6.89. The fourth-order valence-electron chi connectivity index (χ4n) is 2.11. The molecule has 0 fully saturated rings. The molecule has 21 heavy (non-hydrogen) atoms. The van der Waals surface area contributed by atoms with Crippen molar-refractivity contribution >= 4 is 11.6 Å². The van der Waals surface area contributed by atoms with Crippen molar-refractivity contribution in [3.8, 4) is 5.75 Å². The van der Waals surface area contributed by atoms with Crippen LogP contribution in [0.15, 0.2) is 42.5 Å². The Hall–Kier alpha value is -2.49. The van der Waals surface area contributed by atoms with Crippen molar-refractivity contribution in [1.82, 2.24) is 5.32 Å². The third-order valence-corrected chi connectivity index (χ3v) is 3.02. The van der Waals surface area contributed by atoms with Crippen molar-refractivity contribution in [3.63, 3.8) is 0 Å². The number of nitrogens with two attached hydrogens (primary N) is 1. The van der Waals surface area contributed by atoms with Gasteiger partial charge in [0.2, 0.25) is 0 Å². The minimum Gasteiger partial charge on any atom is -0.492 e. The van der Waals surface area contributed by atoms with E-state index >= 15 is 0 Å². The first kappa shape index (κ1) is 14.9. The molecule has 0 radical (unpaired) electrons. The van der Waals surface area contributed by atoms with Gasteiger partial charge >= 0.3 is 0 Å². The zero-order valence-electron chi connectivity index (χ0n) is 12.3. The van der Waals surface area contributed by atoms with E-state index in [-0.39, 0.29) is 5.91 Å². The zero-order valence-corrected chi connectivity index (χ0v) is 12.3. The molecule has 0 saturated carbocycles. The summed E-state index contributed by atoms with van der Waals surface area (Å²) in [6, 6.07) is 13.0. The van der Waals surface area contributed by atoms with E-state index in [1.54, 1.807) is 24.3 Å². The highest BCUT2D eigenvalue weighted by molar-refractivity contribution is 5.94. The number of carbonyl (C=O) groups excluding carboxylic acids is 1. The van der Waals surface area contributed by atoms with Crippen LogP contribution in [0.5, 0.6) is 5.75 Å². The first-order chi connectivity index (χ1) is 10.0. The average Bonchev–Trinajstić information content (AvgIpc) is 2.44. The number of nitrogen functional groups attached to an aromatic ring is 1. The second kappa shape index (κ2) is 6.79. The molecule has 3 N–H and O–H groups in total. The van der Waals surface area contributed by atoms with Gasteiger partial charge in [0.25, 0.3) is 5.91 Å². The highest BCUT2D eigenvalue weighted by Crippen LogP contribution is 2.12. The molecule has 4 nitrogen and oxygen atoms in total. The van der Waals surface area contributed by atoms with Gasteiger partial charge in [-0.2, -0.15) is 0 Å². The van der Waals surface area contributed by atoms with Crippen molar-refractivity contribution in [1.29, 1.82) is 0 Å². The lowest BCUT2D eigenvalue weighted by molar-refractivity contribution is 0.0947. The Bertz CT molecular complexity index is 601. The van der Waals surface area contributed by atoms with E-state index in [0.717, 1.165) is 16.9 Å². The number of carbonyl (C=O) groups is 1. The molecular weight excluding hydrogens is 264 g/mol. The summed E-state index contributed by atoms with van der Waals surface area (Å²) in [5, 5.41) is 2.85. The number of hydrogen-bond acceptors (Lipinski definition) is 3. The van der Waals surface area contributed by atoms with E-state index in [1.807, 2.05) is 32.0 Å². The van der Waals surface area contributed by atoms with Crippen LogP contribution in [0.2, 0.25) is 0 Å². The lowest BCUT2D eigenvalue weighted by Gasteiger charge is -2.09.